The number of rotatable bonds is 8. The molecule has 0 N–H and O–H groups in total. The molecule has 0 aliphatic rings. The third-order valence-corrected chi connectivity index (χ3v) is 12.1. The molecule has 2 nitrogen and oxygen atoms in total. The molecule has 0 fully saturated rings. The van der Waals surface area contributed by atoms with E-state index in [4.69, 9.17) is 9.47 Å². The van der Waals surface area contributed by atoms with Gasteiger partial charge in [-0.3, -0.25) is 0 Å². The molecule has 0 aliphatic carbocycles. The molecule has 0 spiro atoms. The van der Waals surface area contributed by atoms with E-state index >= 15 is 0 Å². The lowest BCUT2D eigenvalue weighted by Crippen LogP contribution is -1.90. The average molecular weight is 619 g/mol. The first kappa shape index (κ1) is 26.9. The summed E-state index contributed by atoms with van der Waals surface area (Å²) in [4.78, 5) is 10.1. The van der Waals surface area contributed by atoms with Crippen LogP contribution in [0.3, 0.4) is 0 Å². The van der Waals surface area contributed by atoms with Gasteiger partial charge in [0.05, 0.1) is 19.1 Å². The minimum atomic E-state index is 0.811. The van der Waals surface area contributed by atoms with E-state index in [1.54, 1.807) is 14.2 Å². The molecular weight excluding hydrogens is 593 g/mol. The summed E-state index contributed by atoms with van der Waals surface area (Å²) in [6.07, 6.45) is 0. The van der Waals surface area contributed by atoms with Crippen LogP contribution in [0, 0.1) is 0 Å². The van der Waals surface area contributed by atoms with Crippen LogP contribution < -0.4 is 9.47 Å². The highest BCUT2D eigenvalue weighted by atomic mass is 32.1. The Morgan fingerprint density at radius 1 is 0.405 bits per heavy atom. The fraction of sp³-hybridized carbons (Fsp3) is 0.0556. The van der Waals surface area contributed by atoms with E-state index in [0.29, 0.717) is 0 Å². The first-order valence-electron chi connectivity index (χ1n) is 13.5. The Balaban J connectivity index is 1.32. The highest BCUT2D eigenvalue weighted by molar-refractivity contribution is 7.29. The van der Waals surface area contributed by atoms with Gasteiger partial charge in [-0.1, -0.05) is 60.7 Å². The topological polar surface area (TPSA) is 18.5 Å². The lowest BCUT2D eigenvalue weighted by atomic mass is 10.0. The highest BCUT2D eigenvalue weighted by Crippen LogP contribution is 2.51. The molecule has 206 valence electrons. The van der Waals surface area contributed by atoms with Gasteiger partial charge in [-0.2, -0.15) is 0 Å². The fourth-order valence-electron chi connectivity index (χ4n) is 4.97. The summed E-state index contributed by atoms with van der Waals surface area (Å²) < 4.78 is 11.5. The molecule has 0 saturated carbocycles. The van der Waals surface area contributed by atoms with Gasteiger partial charge in [0.2, 0.25) is 0 Å². The Labute approximate surface area is 261 Å². The monoisotopic (exact) mass is 618 g/mol. The van der Waals surface area contributed by atoms with Gasteiger partial charge >= 0.3 is 0 Å². The second-order valence-corrected chi connectivity index (χ2v) is 13.9. The molecule has 42 heavy (non-hydrogen) atoms. The molecule has 0 unspecified atom stereocenters. The molecule has 7 aromatic rings. The molecule has 4 heterocycles. The first-order valence-corrected chi connectivity index (χ1v) is 16.7. The Kier molecular flexibility index (Phi) is 7.53. The fourth-order valence-corrected chi connectivity index (χ4v) is 9.47. The lowest BCUT2D eigenvalue weighted by Gasteiger charge is -2.11. The van der Waals surface area contributed by atoms with Crippen molar-refractivity contribution in [1.29, 1.82) is 0 Å². The van der Waals surface area contributed by atoms with Gasteiger partial charge in [-0.15, -0.1) is 45.3 Å². The highest BCUT2D eigenvalue weighted by Gasteiger charge is 2.21. The third-order valence-electron chi connectivity index (χ3n) is 7.07. The van der Waals surface area contributed by atoms with Crippen LogP contribution in [-0.4, -0.2) is 14.2 Å². The zero-order valence-corrected chi connectivity index (χ0v) is 26.3. The molecule has 0 radical (unpaired) electrons. The van der Waals surface area contributed by atoms with Crippen molar-refractivity contribution < 1.29 is 9.47 Å². The van der Waals surface area contributed by atoms with E-state index < -0.39 is 0 Å². The molecule has 7 rings (SSSR count). The summed E-state index contributed by atoms with van der Waals surface area (Å²) >= 11 is 7.36. The van der Waals surface area contributed by atoms with Crippen LogP contribution in [-0.2, 0) is 0 Å². The Bertz CT molecular complexity index is 1960. The van der Waals surface area contributed by atoms with Gasteiger partial charge < -0.3 is 9.47 Å². The van der Waals surface area contributed by atoms with Gasteiger partial charge in [-0.05, 0) is 71.8 Å². The van der Waals surface area contributed by atoms with Crippen molar-refractivity contribution in [2.24, 2.45) is 0 Å². The summed E-state index contributed by atoms with van der Waals surface area (Å²) in [7, 11) is 3.44. The summed E-state index contributed by atoms with van der Waals surface area (Å²) in [5, 5.41) is 0. The number of ether oxygens (including phenoxy) is 2. The minimum Gasteiger partial charge on any atom is -0.497 e. The molecule has 0 saturated heterocycles. The Morgan fingerprint density at radius 2 is 0.929 bits per heavy atom. The predicted octanol–water partition coefficient (Wildman–Crippen LogP) is 12.0. The largest absolute Gasteiger partial charge is 0.497 e. The van der Waals surface area contributed by atoms with E-state index in [1.807, 2.05) is 57.5 Å². The van der Waals surface area contributed by atoms with Gasteiger partial charge in [-0.25, -0.2) is 0 Å². The second kappa shape index (κ2) is 11.7. The van der Waals surface area contributed by atoms with Crippen molar-refractivity contribution in [3.05, 3.63) is 121 Å². The quantitative estimate of drug-likeness (QED) is 0.169. The molecule has 3 aromatic carbocycles. The van der Waals surface area contributed by atoms with Crippen LogP contribution >= 0.6 is 45.3 Å². The zero-order chi connectivity index (χ0) is 28.5. The number of methoxy groups -OCH3 is 2. The SMILES string of the molecule is COc1ccc(OC)c(-c2cc(-c3ccc(-c4ccccc4)s3)sc2-c2ccc(-c3ccc(-c4ccccc4)s3)s2)c1. The second-order valence-electron chi connectivity index (χ2n) is 9.64. The van der Waals surface area contributed by atoms with Gasteiger partial charge in [0.25, 0.3) is 0 Å². The maximum atomic E-state index is 5.84. The number of thiophene rings is 4. The summed E-state index contributed by atoms with van der Waals surface area (Å²) in [5.41, 5.74) is 4.69. The van der Waals surface area contributed by atoms with Crippen LogP contribution in [0.1, 0.15) is 0 Å². The molecule has 0 amide bonds. The smallest absolute Gasteiger partial charge is 0.127 e. The normalized spacial score (nSPS) is 11.1. The number of hydrogen-bond donors (Lipinski definition) is 0. The standard InChI is InChI=1S/C36H26O2S4/c1-37-25-13-14-28(38-2)26(21-25)27-22-35(33-18-16-30(40-33)24-11-7-4-8-12-24)42-36(27)34-20-19-32(41-34)31-17-15-29(39-31)23-9-5-3-6-10-23/h3-22H,1-2H3. The molecular formula is C36H26O2S4. The van der Waals surface area contributed by atoms with E-state index in [9.17, 15) is 0 Å². The Hall–Kier alpha value is -3.94. The van der Waals surface area contributed by atoms with Gasteiger partial charge in [0.15, 0.2) is 0 Å². The van der Waals surface area contributed by atoms with Crippen molar-refractivity contribution in [3.8, 4) is 72.8 Å². The first-order chi connectivity index (χ1) is 20.7. The average Bonchev–Trinajstić information content (AvgIpc) is 3.87. The van der Waals surface area contributed by atoms with E-state index in [1.165, 1.54) is 50.1 Å². The predicted molar refractivity (Wildman–Crippen MR) is 184 cm³/mol. The van der Waals surface area contributed by atoms with Gasteiger partial charge in [0, 0.05) is 45.3 Å². The Morgan fingerprint density at radius 3 is 1.50 bits per heavy atom. The maximum Gasteiger partial charge on any atom is 0.127 e. The minimum absolute atomic E-state index is 0.811. The van der Waals surface area contributed by atoms with Crippen LogP contribution in [0.2, 0.25) is 0 Å². The molecule has 0 bridgehead atoms. The molecule has 4 aromatic heterocycles. The van der Waals surface area contributed by atoms with Crippen molar-refractivity contribution in [2.75, 3.05) is 14.2 Å². The van der Waals surface area contributed by atoms with Crippen molar-refractivity contribution in [3.63, 3.8) is 0 Å². The summed E-state index contributed by atoms with van der Waals surface area (Å²) in [6.45, 7) is 0. The van der Waals surface area contributed by atoms with Crippen LogP contribution in [0.15, 0.2) is 121 Å². The summed E-state index contributed by atoms with van der Waals surface area (Å²) in [6, 6.07) is 43.0. The van der Waals surface area contributed by atoms with Crippen molar-refractivity contribution in [2.45, 2.75) is 0 Å². The zero-order valence-electron chi connectivity index (χ0n) is 23.0. The maximum absolute atomic E-state index is 5.84. The third kappa shape index (κ3) is 5.23. The molecule has 0 aliphatic heterocycles. The van der Waals surface area contributed by atoms with Crippen LogP contribution in [0.4, 0.5) is 0 Å². The number of hydrogen-bond acceptors (Lipinski definition) is 6. The van der Waals surface area contributed by atoms with E-state index in [-0.39, 0.29) is 0 Å². The van der Waals surface area contributed by atoms with Crippen LogP contribution in [0.25, 0.3) is 61.3 Å². The van der Waals surface area contributed by atoms with Gasteiger partial charge in [0.1, 0.15) is 11.5 Å². The van der Waals surface area contributed by atoms with Crippen molar-refractivity contribution in [1.82, 2.24) is 0 Å². The summed E-state index contributed by atoms with van der Waals surface area (Å²) in [5.74, 6) is 1.64. The van der Waals surface area contributed by atoms with E-state index in [0.717, 1.165) is 22.6 Å². The molecule has 6 heteroatoms. The number of benzene rings is 3. The van der Waals surface area contributed by atoms with Crippen LogP contribution in [0.5, 0.6) is 11.5 Å². The lowest BCUT2D eigenvalue weighted by molar-refractivity contribution is 0.404. The molecule has 0 atom stereocenters. The van der Waals surface area contributed by atoms with E-state index in [2.05, 4.69) is 109 Å². The van der Waals surface area contributed by atoms with Crippen molar-refractivity contribution >= 4 is 45.3 Å².